The SMILES string of the molecule is CCOCc1cc(OC)c(-c2ccc(CC(NC(=O)c3c(F)cc(NS(=O)(=O)c4ccc(-c5ccnc(F)c5)cc4)cc3F)C(=O)O)c3cnn(C)c23)c(OC)c1. The number of rotatable bonds is 15. The van der Waals surface area contributed by atoms with Gasteiger partial charge in [-0.2, -0.15) is 9.49 Å². The van der Waals surface area contributed by atoms with Gasteiger partial charge in [-0.15, -0.1) is 0 Å². The summed E-state index contributed by atoms with van der Waals surface area (Å²) < 4.78 is 91.1. The number of carbonyl (C=O) groups excluding carboxylic acids is 1. The molecule has 0 saturated heterocycles. The van der Waals surface area contributed by atoms with Gasteiger partial charge in [-0.1, -0.05) is 24.3 Å². The first-order valence-electron chi connectivity index (χ1n) is 17.3. The first-order valence-corrected chi connectivity index (χ1v) is 18.8. The molecule has 17 heteroatoms. The van der Waals surface area contributed by atoms with Crippen LogP contribution in [0.3, 0.4) is 0 Å². The zero-order valence-electron chi connectivity index (χ0n) is 31.0. The van der Waals surface area contributed by atoms with Crippen LogP contribution in [0, 0.1) is 17.6 Å². The first-order chi connectivity index (χ1) is 27.2. The number of hydrogen-bond donors (Lipinski definition) is 3. The van der Waals surface area contributed by atoms with Crippen LogP contribution >= 0.6 is 0 Å². The molecule has 3 N–H and O–H groups in total. The lowest BCUT2D eigenvalue weighted by Crippen LogP contribution is -2.43. The van der Waals surface area contributed by atoms with Crippen molar-refractivity contribution in [1.29, 1.82) is 0 Å². The Bertz CT molecular complexity index is 2550. The fourth-order valence-electron chi connectivity index (χ4n) is 6.38. The summed E-state index contributed by atoms with van der Waals surface area (Å²) in [5.74, 6) is -5.49. The average Bonchev–Trinajstić information content (AvgIpc) is 3.57. The van der Waals surface area contributed by atoms with Crippen LogP contribution in [0.15, 0.2) is 90.1 Å². The second-order valence-electron chi connectivity index (χ2n) is 12.7. The molecule has 1 atom stereocenters. The van der Waals surface area contributed by atoms with Crippen molar-refractivity contribution in [1.82, 2.24) is 20.1 Å². The number of carboxylic acids is 1. The van der Waals surface area contributed by atoms with Crippen LogP contribution in [0.1, 0.15) is 28.4 Å². The zero-order chi connectivity index (χ0) is 41.0. The molecule has 296 valence electrons. The topological polar surface area (TPSA) is 171 Å². The lowest BCUT2D eigenvalue weighted by molar-refractivity contribution is -0.139. The molecule has 0 fully saturated rings. The van der Waals surface area contributed by atoms with Crippen LogP contribution < -0.4 is 19.5 Å². The number of carbonyl (C=O) groups is 2. The van der Waals surface area contributed by atoms with Crippen LogP contribution in [0.5, 0.6) is 11.5 Å². The minimum Gasteiger partial charge on any atom is -0.496 e. The predicted molar refractivity (Wildman–Crippen MR) is 204 cm³/mol. The van der Waals surface area contributed by atoms with E-state index in [4.69, 9.17) is 14.2 Å². The molecule has 0 bridgehead atoms. The van der Waals surface area contributed by atoms with Gasteiger partial charge in [0.1, 0.15) is 34.7 Å². The molecule has 0 radical (unpaired) electrons. The van der Waals surface area contributed by atoms with Crippen molar-refractivity contribution in [3.8, 4) is 33.8 Å². The van der Waals surface area contributed by atoms with Crippen molar-refractivity contribution in [2.75, 3.05) is 25.5 Å². The fourth-order valence-corrected chi connectivity index (χ4v) is 7.42. The minimum atomic E-state index is -4.38. The zero-order valence-corrected chi connectivity index (χ0v) is 31.8. The van der Waals surface area contributed by atoms with Crippen molar-refractivity contribution < 1.29 is 50.5 Å². The number of halogens is 3. The molecular weight excluding hydrogens is 768 g/mol. The normalized spacial score (nSPS) is 12.0. The van der Waals surface area contributed by atoms with E-state index in [9.17, 15) is 27.5 Å². The van der Waals surface area contributed by atoms with E-state index in [-0.39, 0.29) is 11.3 Å². The van der Waals surface area contributed by atoms with Crippen molar-refractivity contribution in [2.24, 2.45) is 7.05 Å². The predicted octanol–water partition coefficient (Wildman–Crippen LogP) is 6.50. The third-order valence-electron chi connectivity index (χ3n) is 9.07. The highest BCUT2D eigenvalue weighted by Crippen LogP contribution is 2.43. The van der Waals surface area contributed by atoms with Crippen LogP contribution in [0.2, 0.25) is 0 Å². The molecule has 0 aliphatic carbocycles. The summed E-state index contributed by atoms with van der Waals surface area (Å²) in [6.07, 6.45) is 2.49. The van der Waals surface area contributed by atoms with Gasteiger partial charge in [0.15, 0.2) is 0 Å². The Kier molecular flexibility index (Phi) is 11.8. The van der Waals surface area contributed by atoms with E-state index in [1.165, 1.54) is 63.0 Å². The Morgan fingerprint density at radius 1 is 0.912 bits per heavy atom. The number of nitrogens with one attached hydrogen (secondary N) is 2. The number of ether oxygens (including phenoxy) is 3. The van der Waals surface area contributed by atoms with E-state index in [1.54, 1.807) is 23.9 Å². The van der Waals surface area contributed by atoms with Crippen LogP contribution in [-0.2, 0) is 39.6 Å². The molecular formula is C40H36F3N5O8S. The molecule has 0 aliphatic rings. The van der Waals surface area contributed by atoms with Gasteiger partial charge in [0, 0.05) is 43.3 Å². The standard InChI is InChI=1S/C40H36F3N5O8S/c1-5-56-21-22-14-33(54-3)36(34(15-22)55-4)28-11-8-25(29-20-45-48(2)38(28)29)16-32(40(50)51)46-39(49)37-30(41)18-26(19-31(37)42)47-57(52,53)27-9-6-23(7-10-27)24-12-13-44-35(43)17-24/h6-15,17-20,32,47H,5,16,21H2,1-4H3,(H,46,49)(H,50,51). The van der Waals surface area contributed by atoms with Crippen LogP contribution in [0.25, 0.3) is 33.2 Å². The lowest BCUT2D eigenvalue weighted by atomic mass is 9.94. The molecule has 57 heavy (non-hydrogen) atoms. The third kappa shape index (κ3) is 8.53. The summed E-state index contributed by atoms with van der Waals surface area (Å²) in [5, 5.41) is 17.2. The summed E-state index contributed by atoms with van der Waals surface area (Å²) in [6.45, 7) is 2.73. The highest BCUT2D eigenvalue weighted by Gasteiger charge is 2.28. The second-order valence-corrected chi connectivity index (χ2v) is 14.4. The van der Waals surface area contributed by atoms with Crippen LogP contribution in [-0.4, -0.2) is 67.0 Å². The van der Waals surface area contributed by atoms with E-state index in [0.29, 0.717) is 75.6 Å². The molecule has 0 saturated carbocycles. The smallest absolute Gasteiger partial charge is 0.326 e. The highest BCUT2D eigenvalue weighted by molar-refractivity contribution is 7.92. The molecule has 2 aromatic heterocycles. The molecule has 6 rings (SSSR count). The Hall–Kier alpha value is -6.46. The highest BCUT2D eigenvalue weighted by atomic mass is 32.2. The molecule has 0 spiro atoms. The molecule has 2 heterocycles. The number of anilines is 1. The molecule has 13 nitrogen and oxygen atoms in total. The van der Waals surface area contributed by atoms with Crippen molar-refractivity contribution >= 4 is 38.5 Å². The average molecular weight is 804 g/mol. The van der Waals surface area contributed by atoms with Crippen molar-refractivity contribution in [3.05, 3.63) is 119 Å². The maximum absolute atomic E-state index is 15.4. The van der Waals surface area contributed by atoms with E-state index < -0.39 is 56.8 Å². The van der Waals surface area contributed by atoms with Gasteiger partial charge in [-0.25, -0.2) is 27.0 Å². The molecule has 4 aromatic carbocycles. The summed E-state index contributed by atoms with van der Waals surface area (Å²) in [4.78, 5) is 28.9. The number of aliphatic carboxylic acids is 1. The number of hydrogen-bond acceptors (Lipinski definition) is 9. The minimum absolute atomic E-state index is 0.267. The Balaban J connectivity index is 1.23. The van der Waals surface area contributed by atoms with Crippen LogP contribution in [0.4, 0.5) is 18.9 Å². The quantitative estimate of drug-likeness (QED) is 0.0974. The number of carboxylic acid groups (broad SMARTS) is 1. The number of benzene rings is 4. The third-order valence-corrected chi connectivity index (χ3v) is 10.5. The summed E-state index contributed by atoms with van der Waals surface area (Å²) in [7, 11) is 0.363. The van der Waals surface area contributed by atoms with Gasteiger partial charge in [0.25, 0.3) is 15.9 Å². The van der Waals surface area contributed by atoms with E-state index in [0.717, 1.165) is 5.56 Å². The fraction of sp³-hybridized carbons (Fsp3) is 0.200. The maximum Gasteiger partial charge on any atom is 0.326 e. The molecule has 1 unspecified atom stereocenters. The van der Waals surface area contributed by atoms with E-state index in [1.807, 2.05) is 19.1 Å². The number of pyridine rings is 1. The summed E-state index contributed by atoms with van der Waals surface area (Å²) in [5.41, 5.74) is 2.41. The molecule has 6 aromatic rings. The lowest BCUT2D eigenvalue weighted by Gasteiger charge is -2.19. The Morgan fingerprint density at radius 2 is 1.58 bits per heavy atom. The summed E-state index contributed by atoms with van der Waals surface area (Å²) >= 11 is 0. The first kappa shape index (κ1) is 40.2. The monoisotopic (exact) mass is 803 g/mol. The number of nitrogens with zero attached hydrogens (tertiary/aromatic N) is 3. The number of amides is 1. The van der Waals surface area contributed by atoms with Gasteiger partial charge >= 0.3 is 5.97 Å². The molecule has 0 aliphatic heterocycles. The number of sulfonamides is 1. The number of fused-ring (bicyclic) bond motifs is 1. The van der Waals surface area contributed by atoms with Gasteiger partial charge in [0.05, 0.1) is 48.7 Å². The number of aryl methyl sites for hydroxylation is 1. The number of aromatic nitrogens is 3. The second kappa shape index (κ2) is 16.7. The van der Waals surface area contributed by atoms with E-state index >= 15 is 8.78 Å². The van der Waals surface area contributed by atoms with Gasteiger partial charge < -0.3 is 24.6 Å². The van der Waals surface area contributed by atoms with Gasteiger partial charge in [-0.05, 0) is 71.6 Å². The largest absolute Gasteiger partial charge is 0.496 e. The van der Waals surface area contributed by atoms with E-state index in [2.05, 4.69) is 20.1 Å². The number of methoxy groups -OCH3 is 2. The van der Waals surface area contributed by atoms with Crippen molar-refractivity contribution in [2.45, 2.75) is 30.9 Å². The summed E-state index contributed by atoms with van der Waals surface area (Å²) in [6, 6.07) is 14.6. The maximum atomic E-state index is 15.4. The van der Waals surface area contributed by atoms with Gasteiger partial charge in [-0.3, -0.25) is 14.2 Å². The van der Waals surface area contributed by atoms with Gasteiger partial charge in [0.2, 0.25) is 5.95 Å². The Labute approximate surface area is 325 Å². The molecule has 1 amide bonds. The van der Waals surface area contributed by atoms with Crippen molar-refractivity contribution in [3.63, 3.8) is 0 Å². The Morgan fingerprint density at radius 3 is 2.18 bits per heavy atom.